The number of nitrogens with zero attached hydrogens (tertiary/aromatic N) is 3. The highest BCUT2D eigenvalue weighted by Gasteiger charge is 2.32. The number of amidine groups is 1. The van der Waals surface area contributed by atoms with E-state index in [1.807, 2.05) is 12.3 Å². The van der Waals surface area contributed by atoms with Crippen molar-refractivity contribution in [2.45, 2.75) is 26.6 Å². The normalized spacial score (nSPS) is 19.1. The van der Waals surface area contributed by atoms with Crippen LogP contribution in [0.4, 0.5) is 13.2 Å². The van der Waals surface area contributed by atoms with E-state index in [0.717, 1.165) is 43.6 Å². The minimum absolute atomic E-state index is 0.0172. The molecule has 2 heterocycles. The van der Waals surface area contributed by atoms with Gasteiger partial charge in [0.15, 0.2) is 0 Å². The van der Waals surface area contributed by atoms with E-state index < -0.39 is 11.7 Å². The number of benzene rings is 1. The minimum atomic E-state index is -4.42. The van der Waals surface area contributed by atoms with Crippen LogP contribution in [0.1, 0.15) is 23.6 Å². The van der Waals surface area contributed by atoms with Crippen LogP contribution in [0, 0.1) is 6.92 Å². The van der Waals surface area contributed by atoms with Gasteiger partial charge < -0.3 is 32.3 Å². The Hall–Kier alpha value is -3.82. The fourth-order valence-corrected chi connectivity index (χ4v) is 4.14. The zero-order chi connectivity index (χ0) is 25.8. The van der Waals surface area contributed by atoms with E-state index in [1.165, 1.54) is 13.0 Å². The summed E-state index contributed by atoms with van der Waals surface area (Å²) in [6.07, 6.45) is 2.63. The molecule has 1 aromatic carbocycles. The van der Waals surface area contributed by atoms with E-state index in [-0.39, 0.29) is 17.9 Å². The Bertz CT molecular complexity index is 1110. The van der Waals surface area contributed by atoms with Gasteiger partial charge >= 0.3 is 6.18 Å². The van der Waals surface area contributed by atoms with Gasteiger partial charge in [0.1, 0.15) is 5.84 Å². The Kier molecular flexibility index (Phi) is 7.83. The maximum Gasteiger partial charge on any atom is 0.416 e. The summed E-state index contributed by atoms with van der Waals surface area (Å²) >= 11 is 0. The van der Waals surface area contributed by atoms with Gasteiger partial charge in [-0.05, 0) is 43.2 Å². The van der Waals surface area contributed by atoms with Gasteiger partial charge in [-0.15, -0.1) is 0 Å². The maximum absolute atomic E-state index is 13.3. The first kappa shape index (κ1) is 25.8. The molecule has 7 nitrogen and oxygen atoms in total. The molecular formula is C25H32F3N7. The zero-order valence-corrected chi connectivity index (χ0v) is 20.0. The van der Waals surface area contributed by atoms with Gasteiger partial charge in [-0.3, -0.25) is 4.99 Å². The Morgan fingerprint density at radius 2 is 1.89 bits per heavy atom. The lowest BCUT2D eigenvalue weighted by Crippen LogP contribution is -2.45. The summed E-state index contributed by atoms with van der Waals surface area (Å²) in [5, 5.41) is 3.20. The fourth-order valence-electron chi connectivity index (χ4n) is 4.14. The van der Waals surface area contributed by atoms with Gasteiger partial charge in [0.2, 0.25) is 0 Å². The average molecular weight is 488 g/mol. The number of piperazine rings is 1. The molecule has 1 aromatic rings. The Morgan fingerprint density at radius 3 is 2.46 bits per heavy atom. The second-order valence-corrected chi connectivity index (χ2v) is 8.39. The number of aliphatic imine (C=N–C) groups is 1. The van der Waals surface area contributed by atoms with Crippen molar-refractivity contribution in [3.05, 3.63) is 94.4 Å². The Morgan fingerprint density at radius 1 is 1.20 bits per heavy atom. The Balaban J connectivity index is 1.82. The minimum Gasteiger partial charge on any atom is -0.403 e. The number of halogens is 3. The van der Waals surface area contributed by atoms with Crippen molar-refractivity contribution >= 4 is 5.84 Å². The molecule has 7 N–H and O–H groups in total. The molecule has 10 heteroatoms. The molecule has 0 saturated carbocycles. The monoisotopic (exact) mass is 487 g/mol. The molecule has 0 aromatic heterocycles. The average Bonchev–Trinajstić information content (AvgIpc) is 2.83. The van der Waals surface area contributed by atoms with Crippen molar-refractivity contribution < 1.29 is 13.2 Å². The van der Waals surface area contributed by atoms with Crippen LogP contribution in [0.3, 0.4) is 0 Å². The summed E-state index contributed by atoms with van der Waals surface area (Å²) < 4.78 is 39.8. The highest BCUT2D eigenvalue weighted by molar-refractivity contribution is 6.01. The molecule has 0 amide bonds. The van der Waals surface area contributed by atoms with Crippen molar-refractivity contribution in [3.8, 4) is 0 Å². The Labute approximate surface area is 203 Å². The smallest absolute Gasteiger partial charge is 0.403 e. The number of hydrogen-bond acceptors (Lipinski definition) is 6. The van der Waals surface area contributed by atoms with E-state index in [2.05, 4.69) is 26.7 Å². The number of dihydropyridines is 1. The van der Waals surface area contributed by atoms with Crippen LogP contribution < -0.4 is 22.5 Å². The molecule has 2 aliphatic rings. The van der Waals surface area contributed by atoms with Crippen molar-refractivity contribution in [3.63, 3.8) is 0 Å². The predicted molar refractivity (Wildman–Crippen MR) is 133 cm³/mol. The van der Waals surface area contributed by atoms with Crippen molar-refractivity contribution in [1.29, 1.82) is 0 Å². The quantitative estimate of drug-likeness (QED) is 0.279. The van der Waals surface area contributed by atoms with E-state index in [4.69, 9.17) is 17.2 Å². The van der Waals surface area contributed by atoms with Crippen LogP contribution in [-0.2, 0) is 12.7 Å². The first-order valence-electron chi connectivity index (χ1n) is 11.2. The number of rotatable bonds is 6. The number of hydrogen-bond donors (Lipinski definition) is 4. The summed E-state index contributed by atoms with van der Waals surface area (Å²) in [5.41, 5.74) is 21.5. The highest BCUT2D eigenvalue weighted by Crippen LogP contribution is 2.33. The molecular weight excluding hydrogens is 455 g/mol. The lowest BCUT2D eigenvalue weighted by molar-refractivity contribution is -0.138. The fraction of sp³-hybridized carbons (Fsp3) is 0.320. The summed E-state index contributed by atoms with van der Waals surface area (Å²) in [6, 6.07) is 4.07. The van der Waals surface area contributed by atoms with Gasteiger partial charge in [0, 0.05) is 49.8 Å². The number of nitrogens with one attached hydrogen (secondary N) is 1. The molecule has 0 spiro atoms. The van der Waals surface area contributed by atoms with Crippen molar-refractivity contribution in [1.82, 2.24) is 15.1 Å². The lowest BCUT2D eigenvalue weighted by Gasteiger charge is -2.39. The second kappa shape index (κ2) is 10.6. The molecule has 3 rings (SSSR count). The van der Waals surface area contributed by atoms with Crippen LogP contribution >= 0.6 is 0 Å². The summed E-state index contributed by atoms with van der Waals surface area (Å²) in [4.78, 5) is 8.78. The van der Waals surface area contributed by atoms with Crippen LogP contribution in [0.2, 0.25) is 0 Å². The summed E-state index contributed by atoms with van der Waals surface area (Å²) in [5.74, 6) is 0.193. The topological polar surface area (TPSA) is 109 Å². The molecule has 0 unspecified atom stereocenters. The molecule has 0 atom stereocenters. The molecule has 0 radical (unpaired) electrons. The predicted octanol–water partition coefficient (Wildman–Crippen LogP) is 3.04. The molecule has 1 saturated heterocycles. The van der Waals surface area contributed by atoms with E-state index >= 15 is 0 Å². The summed E-state index contributed by atoms with van der Waals surface area (Å²) in [7, 11) is 0. The number of nitrogens with two attached hydrogens (primary N) is 3. The van der Waals surface area contributed by atoms with E-state index in [9.17, 15) is 13.2 Å². The summed E-state index contributed by atoms with van der Waals surface area (Å²) in [6.45, 7) is 10.0. The van der Waals surface area contributed by atoms with Gasteiger partial charge in [0.05, 0.1) is 29.2 Å². The van der Waals surface area contributed by atoms with Crippen molar-refractivity contribution in [2.75, 3.05) is 26.2 Å². The molecule has 188 valence electrons. The third kappa shape index (κ3) is 5.82. The van der Waals surface area contributed by atoms with Crippen LogP contribution in [0.15, 0.2) is 82.7 Å². The first-order chi connectivity index (χ1) is 16.6. The van der Waals surface area contributed by atoms with Crippen LogP contribution in [-0.4, -0.2) is 41.8 Å². The standard InChI is InChI=1S/C25H32F3N7/c1-4-19(13-29)34-8-10-35(11-9-34)20-12-21(23(17(3)30)32-15-20)24(31)33-14-18-6-5-7-22(16(18)2)25(26,27)28/h4-7,12-13,15,32H,1,8-11,14,29-30H2,2-3H3,(H2,31,33)/b19-13+,23-17+. The van der Waals surface area contributed by atoms with Gasteiger partial charge in [-0.25, -0.2) is 0 Å². The second-order valence-electron chi connectivity index (χ2n) is 8.39. The van der Waals surface area contributed by atoms with Crippen molar-refractivity contribution in [2.24, 2.45) is 22.2 Å². The molecule has 35 heavy (non-hydrogen) atoms. The van der Waals surface area contributed by atoms with Gasteiger partial charge in [-0.2, -0.15) is 13.2 Å². The molecule has 0 aliphatic carbocycles. The third-order valence-electron chi connectivity index (χ3n) is 6.16. The molecule has 2 aliphatic heterocycles. The van der Waals surface area contributed by atoms with Gasteiger partial charge in [0.25, 0.3) is 0 Å². The maximum atomic E-state index is 13.3. The van der Waals surface area contributed by atoms with E-state index in [0.29, 0.717) is 22.5 Å². The third-order valence-corrected chi connectivity index (χ3v) is 6.16. The van der Waals surface area contributed by atoms with Crippen LogP contribution in [0.25, 0.3) is 0 Å². The largest absolute Gasteiger partial charge is 0.416 e. The number of allylic oxidation sites excluding steroid dienone is 3. The number of alkyl halides is 3. The van der Waals surface area contributed by atoms with E-state index in [1.54, 1.807) is 25.3 Å². The molecule has 1 fully saturated rings. The SMILES string of the molecule is C=C/C(=C\N)N1CCN(C2=CN/C(=C(\C)N)C(C(N)=NCc3cccc(C(F)(F)F)c3C)=C2)CC1. The van der Waals surface area contributed by atoms with Crippen LogP contribution in [0.5, 0.6) is 0 Å². The molecule has 0 bridgehead atoms. The van der Waals surface area contributed by atoms with Gasteiger partial charge in [-0.1, -0.05) is 18.7 Å². The first-order valence-corrected chi connectivity index (χ1v) is 11.2. The zero-order valence-electron chi connectivity index (χ0n) is 20.0. The lowest BCUT2D eigenvalue weighted by atomic mass is 10.0. The highest BCUT2D eigenvalue weighted by atomic mass is 19.4.